The van der Waals surface area contributed by atoms with Gasteiger partial charge in [-0.25, -0.2) is 4.98 Å². The maximum Gasteiger partial charge on any atom is 0.252 e. The predicted molar refractivity (Wildman–Crippen MR) is 117 cm³/mol. The van der Waals surface area contributed by atoms with Crippen molar-refractivity contribution in [3.8, 4) is 11.3 Å². The number of hydrogen-bond acceptors (Lipinski definition) is 3. The Morgan fingerprint density at radius 3 is 2.59 bits per heavy atom. The minimum absolute atomic E-state index is 0.171. The highest BCUT2D eigenvalue weighted by atomic mass is 35.5. The molecule has 4 aromatic rings. The number of para-hydroxylation sites is 1. The number of pyridine rings is 2. The first kappa shape index (κ1) is 19.1. The van der Waals surface area contributed by atoms with Crippen LogP contribution in [0.5, 0.6) is 0 Å². The second-order valence-electron chi connectivity index (χ2n) is 6.79. The lowest BCUT2D eigenvalue weighted by Gasteiger charge is -2.12. The molecule has 0 unspecified atom stereocenters. The summed E-state index contributed by atoms with van der Waals surface area (Å²) in [7, 11) is 0. The van der Waals surface area contributed by atoms with E-state index in [0.717, 1.165) is 28.6 Å². The van der Waals surface area contributed by atoms with Crippen LogP contribution in [-0.4, -0.2) is 15.9 Å². The third kappa shape index (κ3) is 4.13. The molecule has 0 spiro atoms. The largest absolute Gasteiger partial charge is 0.348 e. The molecule has 0 saturated carbocycles. The number of carbonyl (C=O) groups excluding carboxylic acids is 1. The number of nitrogens with zero attached hydrogens (tertiary/aromatic N) is 2. The van der Waals surface area contributed by atoms with Crippen LogP contribution in [0.25, 0.3) is 22.2 Å². The van der Waals surface area contributed by atoms with Gasteiger partial charge in [0.05, 0.1) is 21.8 Å². The topological polar surface area (TPSA) is 54.9 Å². The summed E-state index contributed by atoms with van der Waals surface area (Å²) in [4.78, 5) is 21.9. The Morgan fingerprint density at radius 1 is 1.03 bits per heavy atom. The van der Waals surface area contributed by atoms with Gasteiger partial charge in [-0.3, -0.25) is 9.78 Å². The number of fused-ring (bicyclic) bond motifs is 1. The molecular weight excluding hydrogens is 382 g/mol. The summed E-state index contributed by atoms with van der Waals surface area (Å²) < 4.78 is 0. The van der Waals surface area contributed by atoms with Crippen LogP contribution in [0.4, 0.5) is 0 Å². The van der Waals surface area contributed by atoms with Crippen molar-refractivity contribution in [3.05, 3.63) is 94.8 Å². The molecule has 0 radical (unpaired) electrons. The Bertz CT molecular complexity index is 1160. The van der Waals surface area contributed by atoms with Crippen LogP contribution in [-0.2, 0) is 13.0 Å². The molecular formula is C24H20ClN3O. The lowest BCUT2D eigenvalue weighted by Crippen LogP contribution is -2.23. The van der Waals surface area contributed by atoms with Crippen LogP contribution in [0.3, 0.4) is 0 Å². The number of amides is 1. The molecule has 1 N–H and O–H groups in total. The van der Waals surface area contributed by atoms with Crippen molar-refractivity contribution in [2.45, 2.75) is 19.9 Å². The van der Waals surface area contributed by atoms with E-state index in [-0.39, 0.29) is 5.91 Å². The molecule has 2 aromatic heterocycles. The molecule has 144 valence electrons. The Hall–Kier alpha value is -3.24. The molecule has 0 aliphatic heterocycles. The maximum atomic E-state index is 13.0. The van der Waals surface area contributed by atoms with Gasteiger partial charge in [-0.05, 0) is 35.7 Å². The van der Waals surface area contributed by atoms with E-state index in [1.165, 1.54) is 5.56 Å². The van der Waals surface area contributed by atoms with Crippen LogP contribution < -0.4 is 5.32 Å². The molecule has 0 bridgehead atoms. The first-order valence-corrected chi connectivity index (χ1v) is 9.89. The third-order valence-corrected chi connectivity index (χ3v) is 5.17. The van der Waals surface area contributed by atoms with Crippen molar-refractivity contribution >= 4 is 28.4 Å². The number of aromatic nitrogens is 2. The zero-order valence-electron chi connectivity index (χ0n) is 16.0. The highest BCUT2D eigenvalue weighted by Crippen LogP contribution is 2.29. The molecule has 5 heteroatoms. The van der Waals surface area contributed by atoms with Crippen molar-refractivity contribution in [2.75, 3.05) is 0 Å². The monoisotopic (exact) mass is 401 g/mol. The average Bonchev–Trinajstić information content (AvgIpc) is 2.78. The first-order valence-electron chi connectivity index (χ1n) is 9.51. The molecule has 4 rings (SSSR count). The van der Waals surface area contributed by atoms with Crippen molar-refractivity contribution in [2.24, 2.45) is 0 Å². The maximum absolute atomic E-state index is 13.0. The fourth-order valence-electron chi connectivity index (χ4n) is 3.24. The number of aryl methyl sites for hydroxylation is 1. The van der Waals surface area contributed by atoms with Gasteiger partial charge in [0.2, 0.25) is 0 Å². The highest BCUT2D eigenvalue weighted by Gasteiger charge is 2.15. The lowest BCUT2D eigenvalue weighted by molar-refractivity contribution is 0.0952. The third-order valence-electron chi connectivity index (χ3n) is 4.87. The van der Waals surface area contributed by atoms with Crippen molar-refractivity contribution in [1.29, 1.82) is 0 Å². The van der Waals surface area contributed by atoms with Crippen LogP contribution in [0.1, 0.15) is 28.4 Å². The summed E-state index contributed by atoms with van der Waals surface area (Å²) in [5.74, 6) is -0.171. The summed E-state index contributed by atoms with van der Waals surface area (Å²) in [5.41, 5.74) is 5.04. The van der Waals surface area contributed by atoms with Crippen molar-refractivity contribution in [3.63, 3.8) is 0 Å². The van der Waals surface area contributed by atoms with Gasteiger partial charge in [0.25, 0.3) is 5.91 Å². The first-order chi connectivity index (χ1) is 14.2. The summed E-state index contributed by atoms with van der Waals surface area (Å²) in [5, 5.41) is 4.23. The molecule has 0 atom stereocenters. The average molecular weight is 402 g/mol. The van der Waals surface area contributed by atoms with Crippen LogP contribution in [0, 0.1) is 0 Å². The van der Waals surface area contributed by atoms with E-state index < -0.39 is 0 Å². The molecule has 4 nitrogen and oxygen atoms in total. The SMILES string of the molecule is CCc1ccc(-c2cc(C(=O)NCc3cccnc3)c3cccc(Cl)c3n2)cc1. The minimum Gasteiger partial charge on any atom is -0.348 e. The fraction of sp³-hybridized carbons (Fsp3) is 0.125. The van der Waals surface area contributed by atoms with E-state index >= 15 is 0 Å². The molecule has 0 saturated heterocycles. The highest BCUT2D eigenvalue weighted by molar-refractivity contribution is 6.35. The number of rotatable bonds is 5. The van der Waals surface area contributed by atoms with Crippen LogP contribution in [0.15, 0.2) is 73.1 Å². The van der Waals surface area contributed by atoms with Crippen molar-refractivity contribution < 1.29 is 4.79 Å². The van der Waals surface area contributed by atoms with E-state index in [4.69, 9.17) is 16.6 Å². The van der Waals surface area contributed by atoms with Gasteiger partial charge in [-0.2, -0.15) is 0 Å². The molecule has 1 amide bonds. The number of carbonyl (C=O) groups is 1. The molecule has 29 heavy (non-hydrogen) atoms. The second-order valence-corrected chi connectivity index (χ2v) is 7.19. The minimum atomic E-state index is -0.171. The van der Waals surface area contributed by atoms with Crippen LogP contribution >= 0.6 is 11.6 Å². The predicted octanol–water partition coefficient (Wildman–Crippen LogP) is 5.44. The zero-order valence-corrected chi connectivity index (χ0v) is 16.8. The van der Waals surface area contributed by atoms with Crippen LogP contribution in [0.2, 0.25) is 5.02 Å². The quantitative estimate of drug-likeness (QED) is 0.484. The van der Waals surface area contributed by atoms with Gasteiger partial charge < -0.3 is 5.32 Å². The zero-order chi connectivity index (χ0) is 20.2. The Kier molecular flexibility index (Phi) is 5.54. The number of halogens is 1. The lowest BCUT2D eigenvalue weighted by atomic mass is 10.0. The normalized spacial score (nSPS) is 10.8. The Labute approximate surface area is 174 Å². The van der Waals surface area contributed by atoms with Gasteiger partial charge in [0, 0.05) is 29.9 Å². The summed E-state index contributed by atoms with van der Waals surface area (Å²) in [6, 6.07) is 19.3. The van der Waals surface area contributed by atoms with E-state index in [1.807, 2.05) is 42.5 Å². The van der Waals surface area contributed by atoms with Gasteiger partial charge in [0.15, 0.2) is 0 Å². The Morgan fingerprint density at radius 2 is 1.86 bits per heavy atom. The smallest absolute Gasteiger partial charge is 0.252 e. The molecule has 2 heterocycles. The summed E-state index contributed by atoms with van der Waals surface area (Å²) >= 11 is 6.41. The van der Waals surface area contributed by atoms with Gasteiger partial charge >= 0.3 is 0 Å². The summed E-state index contributed by atoms with van der Waals surface area (Å²) in [6.07, 6.45) is 4.42. The second kappa shape index (κ2) is 8.41. The van der Waals surface area contributed by atoms with Gasteiger partial charge in [-0.1, -0.05) is 61.0 Å². The molecule has 2 aromatic carbocycles. The van der Waals surface area contributed by atoms with E-state index in [0.29, 0.717) is 22.6 Å². The van der Waals surface area contributed by atoms with E-state index in [1.54, 1.807) is 18.5 Å². The molecule has 0 fully saturated rings. The standard InChI is InChI=1S/C24H20ClN3O/c1-2-16-8-10-18(11-9-16)22-13-20(19-6-3-7-21(25)23(19)28-22)24(29)27-15-17-5-4-12-26-14-17/h3-14H,2,15H2,1H3,(H,27,29). The summed E-state index contributed by atoms with van der Waals surface area (Å²) in [6.45, 7) is 2.52. The van der Waals surface area contributed by atoms with E-state index in [9.17, 15) is 4.79 Å². The van der Waals surface area contributed by atoms with E-state index in [2.05, 4.69) is 29.4 Å². The Balaban J connectivity index is 1.75. The molecule has 0 aliphatic rings. The fourth-order valence-corrected chi connectivity index (χ4v) is 3.46. The molecule has 0 aliphatic carbocycles. The number of benzene rings is 2. The van der Waals surface area contributed by atoms with Crippen molar-refractivity contribution in [1.82, 2.24) is 15.3 Å². The number of nitrogens with one attached hydrogen (secondary N) is 1. The van der Waals surface area contributed by atoms with Gasteiger partial charge in [0.1, 0.15) is 0 Å². The number of hydrogen-bond donors (Lipinski definition) is 1. The van der Waals surface area contributed by atoms with Gasteiger partial charge in [-0.15, -0.1) is 0 Å².